The standard InChI is InChI=1S/C12H26N2O/c1-3-4-5-7-14-8-6-12(11-14)13(2)9-10-15/h12,15H,3-11H2,1-2H3. The monoisotopic (exact) mass is 214 g/mol. The molecule has 0 spiro atoms. The second-order valence-corrected chi connectivity index (χ2v) is 4.65. The van der Waals surface area contributed by atoms with Crippen LogP contribution in [0.4, 0.5) is 0 Å². The molecule has 90 valence electrons. The molecule has 0 amide bonds. The van der Waals surface area contributed by atoms with Gasteiger partial charge in [0.2, 0.25) is 0 Å². The number of unbranched alkanes of at least 4 members (excludes halogenated alkanes) is 2. The third kappa shape index (κ3) is 4.49. The van der Waals surface area contributed by atoms with Gasteiger partial charge in [0.1, 0.15) is 0 Å². The Kier molecular flexibility index (Phi) is 6.22. The number of rotatable bonds is 7. The average Bonchev–Trinajstić information content (AvgIpc) is 2.67. The number of hydrogen-bond acceptors (Lipinski definition) is 3. The SMILES string of the molecule is CCCCCN1CCC(N(C)CCO)C1. The molecule has 1 atom stereocenters. The minimum absolute atomic E-state index is 0.281. The Labute approximate surface area is 94.1 Å². The van der Waals surface area contributed by atoms with Crippen LogP contribution in [0.3, 0.4) is 0 Å². The number of aliphatic hydroxyl groups is 1. The number of likely N-dealkylation sites (tertiary alicyclic amines) is 1. The fraction of sp³-hybridized carbons (Fsp3) is 1.00. The lowest BCUT2D eigenvalue weighted by Crippen LogP contribution is -2.36. The topological polar surface area (TPSA) is 26.7 Å². The predicted molar refractivity (Wildman–Crippen MR) is 64.1 cm³/mol. The highest BCUT2D eigenvalue weighted by Crippen LogP contribution is 2.14. The Morgan fingerprint density at radius 1 is 1.40 bits per heavy atom. The van der Waals surface area contributed by atoms with E-state index in [-0.39, 0.29) is 6.61 Å². The summed E-state index contributed by atoms with van der Waals surface area (Å²) in [5, 5.41) is 8.88. The highest BCUT2D eigenvalue weighted by molar-refractivity contribution is 4.81. The van der Waals surface area contributed by atoms with Gasteiger partial charge in [-0.1, -0.05) is 19.8 Å². The first-order chi connectivity index (χ1) is 7.27. The highest BCUT2D eigenvalue weighted by Gasteiger charge is 2.24. The molecule has 3 nitrogen and oxygen atoms in total. The maximum absolute atomic E-state index is 8.88. The molecular formula is C12H26N2O. The van der Waals surface area contributed by atoms with Gasteiger partial charge in [-0.15, -0.1) is 0 Å². The molecule has 0 aliphatic carbocycles. The largest absolute Gasteiger partial charge is 0.395 e. The third-order valence-corrected chi connectivity index (χ3v) is 3.40. The Balaban J connectivity index is 2.14. The molecule has 3 heteroatoms. The molecule has 1 fully saturated rings. The Hall–Kier alpha value is -0.120. The van der Waals surface area contributed by atoms with E-state index < -0.39 is 0 Å². The summed E-state index contributed by atoms with van der Waals surface area (Å²) in [7, 11) is 2.12. The summed E-state index contributed by atoms with van der Waals surface area (Å²) >= 11 is 0. The molecule has 0 saturated carbocycles. The van der Waals surface area contributed by atoms with Gasteiger partial charge in [-0.2, -0.15) is 0 Å². The van der Waals surface area contributed by atoms with Crippen molar-refractivity contribution in [1.82, 2.24) is 9.80 Å². The van der Waals surface area contributed by atoms with E-state index in [1.165, 1.54) is 45.3 Å². The van der Waals surface area contributed by atoms with E-state index in [0.29, 0.717) is 6.04 Å². The van der Waals surface area contributed by atoms with Gasteiger partial charge in [0.15, 0.2) is 0 Å². The van der Waals surface area contributed by atoms with E-state index in [2.05, 4.69) is 23.8 Å². The van der Waals surface area contributed by atoms with Crippen molar-refractivity contribution in [3.63, 3.8) is 0 Å². The van der Waals surface area contributed by atoms with Crippen LogP contribution in [0.15, 0.2) is 0 Å². The van der Waals surface area contributed by atoms with E-state index in [1.807, 2.05) is 0 Å². The molecule has 1 rings (SSSR count). The zero-order valence-electron chi connectivity index (χ0n) is 10.3. The van der Waals surface area contributed by atoms with Crippen molar-refractivity contribution in [1.29, 1.82) is 0 Å². The van der Waals surface area contributed by atoms with Crippen LogP contribution < -0.4 is 0 Å². The van der Waals surface area contributed by atoms with Crippen LogP contribution in [0.1, 0.15) is 32.6 Å². The molecule has 1 aliphatic rings. The van der Waals surface area contributed by atoms with Crippen molar-refractivity contribution in [2.75, 3.05) is 39.8 Å². The second-order valence-electron chi connectivity index (χ2n) is 4.65. The van der Waals surface area contributed by atoms with Gasteiger partial charge < -0.3 is 10.0 Å². The predicted octanol–water partition coefficient (Wildman–Crippen LogP) is 1.18. The van der Waals surface area contributed by atoms with Gasteiger partial charge in [0.05, 0.1) is 6.61 Å². The number of hydrogen-bond donors (Lipinski definition) is 1. The Bertz CT molecular complexity index is 164. The van der Waals surface area contributed by atoms with Crippen molar-refractivity contribution in [3.8, 4) is 0 Å². The summed E-state index contributed by atoms with van der Waals surface area (Å²) in [6.45, 7) is 7.04. The molecule has 1 unspecified atom stereocenters. The smallest absolute Gasteiger partial charge is 0.0558 e. The Morgan fingerprint density at radius 3 is 2.87 bits per heavy atom. The van der Waals surface area contributed by atoms with Crippen molar-refractivity contribution in [2.45, 2.75) is 38.6 Å². The average molecular weight is 214 g/mol. The molecule has 0 bridgehead atoms. The van der Waals surface area contributed by atoms with E-state index >= 15 is 0 Å². The Morgan fingerprint density at radius 2 is 2.20 bits per heavy atom. The van der Waals surface area contributed by atoms with Gasteiger partial charge in [-0.25, -0.2) is 0 Å². The van der Waals surface area contributed by atoms with Gasteiger partial charge >= 0.3 is 0 Å². The molecular weight excluding hydrogens is 188 g/mol. The maximum atomic E-state index is 8.88. The molecule has 1 N–H and O–H groups in total. The number of likely N-dealkylation sites (N-methyl/N-ethyl adjacent to an activating group) is 1. The van der Waals surface area contributed by atoms with Gasteiger partial charge in [-0.05, 0) is 33.0 Å². The fourth-order valence-electron chi connectivity index (χ4n) is 2.30. The zero-order chi connectivity index (χ0) is 11.1. The number of nitrogens with zero attached hydrogens (tertiary/aromatic N) is 2. The van der Waals surface area contributed by atoms with Crippen molar-refractivity contribution in [3.05, 3.63) is 0 Å². The van der Waals surface area contributed by atoms with E-state index in [1.54, 1.807) is 0 Å². The van der Waals surface area contributed by atoms with Crippen LogP contribution in [-0.4, -0.2) is 60.8 Å². The quantitative estimate of drug-likeness (QED) is 0.645. The molecule has 0 aromatic rings. The van der Waals surface area contributed by atoms with Crippen molar-refractivity contribution >= 4 is 0 Å². The van der Waals surface area contributed by atoms with Crippen LogP contribution in [-0.2, 0) is 0 Å². The summed E-state index contributed by atoms with van der Waals surface area (Å²) in [5.74, 6) is 0. The fourth-order valence-corrected chi connectivity index (χ4v) is 2.30. The summed E-state index contributed by atoms with van der Waals surface area (Å²) in [6, 6.07) is 0.666. The maximum Gasteiger partial charge on any atom is 0.0558 e. The first-order valence-corrected chi connectivity index (χ1v) is 6.31. The first kappa shape index (κ1) is 12.9. The third-order valence-electron chi connectivity index (χ3n) is 3.40. The summed E-state index contributed by atoms with van der Waals surface area (Å²) < 4.78 is 0. The van der Waals surface area contributed by atoms with Crippen molar-refractivity contribution in [2.24, 2.45) is 0 Å². The number of aliphatic hydroxyl groups excluding tert-OH is 1. The summed E-state index contributed by atoms with van der Waals surface area (Å²) in [6.07, 6.45) is 5.27. The van der Waals surface area contributed by atoms with Gasteiger partial charge in [0, 0.05) is 19.1 Å². The molecule has 1 saturated heterocycles. The van der Waals surface area contributed by atoms with E-state index in [4.69, 9.17) is 5.11 Å². The zero-order valence-corrected chi connectivity index (χ0v) is 10.3. The lowest BCUT2D eigenvalue weighted by atomic mass is 10.2. The molecule has 0 aromatic carbocycles. The van der Waals surface area contributed by atoms with Crippen molar-refractivity contribution < 1.29 is 5.11 Å². The van der Waals surface area contributed by atoms with Crippen LogP contribution in [0, 0.1) is 0 Å². The second kappa shape index (κ2) is 7.20. The van der Waals surface area contributed by atoms with E-state index in [9.17, 15) is 0 Å². The molecule has 0 aromatic heterocycles. The molecule has 1 heterocycles. The highest BCUT2D eigenvalue weighted by atomic mass is 16.3. The minimum atomic E-state index is 0.281. The van der Waals surface area contributed by atoms with E-state index in [0.717, 1.165) is 6.54 Å². The van der Waals surface area contributed by atoms with Gasteiger partial charge in [0.25, 0.3) is 0 Å². The van der Waals surface area contributed by atoms with Crippen LogP contribution in [0.5, 0.6) is 0 Å². The summed E-state index contributed by atoms with van der Waals surface area (Å²) in [5.41, 5.74) is 0. The van der Waals surface area contributed by atoms with Crippen LogP contribution >= 0.6 is 0 Å². The van der Waals surface area contributed by atoms with Crippen LogP contribution in [0.2, 0.25) is 0 Å². The molecule has 15 heavy (non-hydrogen) atoms. The lowest BCUT2D eigenvalue weighted by Gasteiger charge is -2.23. The minimum Gasteiger partial charge on any atom is -0.395 e. The van der Waals surface area contributed by atoms with Crippen LogP contribution in [0.25, 0.3) is 0 Å². The normalized spacial score (nSPS) is 22.8. The summed E-state index contributed by atoms with van der Waals surface area (Å²) in [4.78, 5) is 4.86. The molecule has 0 radical (unpaired) electrons. The lowest BCUT2D eigenvalue weighted by molar-refractivity contribution is 0.178. The first-order valence-electron chi connectivity index (χ1n) is 6.31. The van der Waals surface area contributed by atoms with Gasteiger partial charge in [-0.3, -0.25) is 4.90 Å². The molecule has 1 aliphatic heterocycles.